The predicted molar refractivity (Wildman–Crippen MR) is 116 cm³/mol. The van der Waals surface area contributed by atoms with Crippen molar-refractivity contribution in [1.82, 2.24) is 4.31 Å². The van der Waals surface area contributed by atoms with Crippen molar-refractivity contribution in [2.24, 2.45) is 0 Å². The van der Waals surface area contributed by atoms with Crippen molar-refractivity contribution >= 4 is 31.5 Å². The van der Waals surface area contributed by atoms with Crippen LogP contribution in [0.5, 0.6) is 0 Å². The SMILES string of the molecule is Cc1ccc(S(=O)(=O)CCC(=O)Nc2ccc(S(=O)(=O)N3CCCCC3)cc2)cc1. The second-order valence-corrected chi connectivity index (χ2v) is 11.5. The molecule has 2 aromatic rings. The van der Waals surface area contributed by atoms with Gasteiger partial charge in [-0.25, -0.2) is 16.8 Å². The van der Waals surface area contributed by atoms with E-state index in [-0.39, 0.29) is 22.0 Å². The number of piperidine rings is 1. The molecule has 1 aliphatic rings. The standard InChI is InChI=1S/C21H26N2O5S2/c1-17-5-9-19(10-6-17)29(25,26)16-13-21(24)22-18-7-11-20(12-8-18)30(27,28)23-14-3-2-4-15-23/h5-12H,2-4,13-16H2,1H3,(H,22,24). The minimum Gasteiger partial charge on any atom is -0.326 e. The van der Waals surface area contributed by atoms with Crippen LogP contribution in [0.3, 0.4) is 0 Å². The Bertz CT molecular complexity index is 1090. The molecule has 30 heavy (non-hydrogen) atoms. The van der Waals surface area contributed by atoms with E-state index in [1.807, 2.05) is 6.92 Å². The number of carbonyl (C=O) groups is 1. The summed E-state index contributed by atoms with van der Waals surface area (Å²) in [6.45, 7) is 2.92. The van der Waals surface area contributed by atoms with Gasteiger partial charge in [-0.1, -0.05) is 24.1 Å². The van der Waals surface area contributed by atoms with Crippen LogP contribution in [0.4, 0.5) is 5.69 Å². The normalized spacial score (nSPS) is 15.6. The van der Waals surface area contributed by atoms with Gasteiger partial charge in [0.1, 0.15) is 0 Å². The van der Waals surface area contributed by atoms with Gasteiger partial charge in [-0.15, -0.1) is 0 Å². The molecule has 162 valence electrons. The molecule has 9 heteroatoms. The van der Waals surface area contributed by atoms with Crippen LogP contribution in [0.2, 0.25) is 0 Å². The van der Waals surface area contributed by atoms with Crippen molar-refractivity contribution in [3.8, 4) is 0 Å². The Kier molecular flexibility index (Phi) is 6.95. The van der Waals surface area contributed by atoms with Gasteiger partial charge in [-0.05, 0) is 56.2 Å². The summed E-state index contributed by atoms with van der Waals surface area (Å²) in [7, 11) is -7.08. The highest BCUT2D eigenvalue weighted by molar-refractivity contribution is 7.91. The number of sulfonamides is 1. The van der Waals surface area contributed by atoms with Crippen molar-refractivity contribution in [3.63, 3.8) is 0 Å². The number of carbonyl (C=O) groups excluding carboxylic acids is 1. The molecule has 0 spiro atoms. The maximum atomic E-state index is 12.7. The van der Waals surface area contributed by atoms with E-state index in [0.717, 1.165) is 24.8 Å². The fourth-order valence-electron chi connectivity index (χ4n) is 3.28. The minimum atomic E-state index is -3.55. The van der Waals surface area contributed by atoms with Gasteiger partial charge < -0.3 is 5.32 Å². The van der Waals surface area contributed by atoms with Crippen molar-refractivity contribution in [1.29, 1.82) is 0 Å². The van der Waals surface area contributed by atoms with E-state index in [4.69, 9.17) is 0 Å². The third kappa shape index (κ3) is 5.47. The number of aryl methyl sites for hydroxylation is 1. The molecule has 0 saturated carbocycles. The van der Waals surface area contributed by atoms with Gasteiger partial charge >= 0.3 is 0 Å². The zero-order valence-corrected chi connectivity index (χ0v) is 18.5. The lowest BCUT2D eigenvalue weighted by atomic mass is 10.2. The number of anilines is 1. The summed E-state index contributed by atoms with van der Waals surface area (Å²) in [6, 6.07) is 12.4. The van der Waals surface area contributed by atoms with Crippen LogP contribution in [0.1, 0.15) is 31.2 Å². The first-order valence-electron chi connectivity index (χ1n) is 9.88. The number of hydrogen-bond acceptors (Lipinski definition) is 5. The largest absolute Gasteiger partial charge is 0.326 e. The maximum absolute atomic E-state index is 12.7. The molecule has 0 unspecified atom stereocenters. The molecule has 1 saturated heterocycles. The number of nitrogens with zero attached hydrogens (tertiary/aromatic N) is 1. The quantitative estimate of drug-likeness (QED) is 0.699. The van der Waals surface area contributed by atoms with Crippen molar-refractivity contribution in [2.45, 2.75) is 42.4 Å². The molecule has 0 aliphatic carbocycles. The molecule has 1 fully saturated rings. The number of hydrogen-bond donors (Lipinski definition) is 1. The van der Waals surface area contributed by atoms with Gasteiger partial charge in [0, 0.05) is 25.2 Å². The average Bonchev–Trinajstić information content (AvgIpc) is 2.74. The molecule has 0 atom stereocenters. The van der Waals surface area contributed by atoms with E-state index >= 15 is 0 Å². The van der Waals surface area contributed by atoms with Crippen LogP contribution in [0, 0.1) is 6.92 Å². The Labute approximate surface area is 178 Å². The molecule has 0 radical (unpaired) electrons. The molecule has 7 nitrogen and oxygen atoms in total. The zero-order chi connectivity index (χ0) is 21.8. The van der Waals surface area contributed by atoms with Gasteiger partial charge in [0.15, 0.2) is 9.84 Å². The van der Waals surface area contributed by atoms with E-state index in [1.54, 1.807) is 12.1 Å². The fourth-order valence-corrected chi connectivity index (χ4v) is 6.04. The Hall–Kier alpha value is -2.23. The summed E-state index contributed by atoms with van der Waals surface area (Å²) in [5, 5.41) is 2.62. The molecule has 1 heterocycles. The molecular formula is C21H26N2O5S2. The summed E-state index contributed by atoms with van der Waals surface area (Å²) in [6.07, 6.45) is 2.57. The number of amides is 1. The van der Waals surface area contributed by atoms with Gasteiger partial charge in [0.25, 0.3) is 0 Å². The summed E-state index contributed by atoms with van der Waals surface area (Å²) < 4.78 is 51.5. The molecule has 1 N–H and O–H groups in total. The van der Waals surface area contributed by atoms with E-state index < -0.39 is 25.8 Å². The van der Waals surface area contributed by atoms with Crippen LogP contribution in [0.25, 0.3) is 0 Å². The van der Waals surface area contributed by atoms with Crippen molar-refractivity contribution < 1.29 is 21.6 Å². The third-order valence-electron chi connectivity index (χ3n) is 5.07. The van der Waals surface area contributed by atoms with Crippen LogP contribution >= 0.6 is 0 Å². The predicted octanol–water partition coefficient (Wildman–Crippen LogP) is 2.97. The first-order chi connectivity index (χ1) is 14.2. The van der Waals surface area contributed by atoms with Crippen LogP contribution in [-0.4, -0.2) is 45.9 Å². The monoisotopic (exact) mass is 450 g/mol. The highest BCUT2D eigenvalue weighted by Gasteiger charge is 2.25. The van der Waals surface area contributed by atoms with E-state index in [2.05, 4.69) is 5.32 Å². The molecule has 1 aliphatic heterocycles. The molecule has 0 aromatic heterocycles. The van der Waals surface area contributed by atoms with E-state index in [0.29, 0.717) is 18.8 Å². The second kappa shape index (κ2) is 9.28. The Morgan fingerprint density at radius 1 is 0.867 bits per heavy atom. The first-order valence-corrected chi connectivity index (χ1v) is 13.0. The summed E-state index contributed by atoms with van der Waals surface area (Å²) >= 11 is 0. The van der Waals surface area contributed by atoms with Gasteiger partial charge in [0.2, 0.25) is 15.9 Å². The van der Waals surface area contributed by atoms with Crippen molar-refractivity contribution in [2.75, 3.05) is 24.2 Å². The molecule has 3 rings (SSSR count). The van der Waals surface area contributed by atoms with E-state index in [1.165, 1.54) is 40.7 Å². The number of nitrogens with one attached hydrogen (secondary N) is 1. The second-order valence-electron chi connectivity index (χ2n) is 7.42. The number of sulfone groups is 1. The molecular weight excluding hydrogens is 424 g/mol. The van der Waals surface area contributed by atoms with Crippen LogP contribution in [0.15, 0.2) is 58.3 Å². The fraction of sp³-hybridized carbons (Fsp3) is 0.381. The number of rotatable bonds is 7. The number of benzene rings is 2. The van der Waals surface area contributed by atoms with Crippen molar-refractivity contribution in [3.05, 3.63) is 54.1 Å². The lowest BCUT2D eigenvalue weighted by molar-refractivity contribution is -0.115. The first kappa shape index (κ1) is 22.5. The minimum absolute atomic E-state index is 0.185. The molecule has 1 amide bonds. The highest BCUT2D eigenvalue weighted by atomic mass is 32.2. The smallest absolute Gasteiger partial charge is 0.243 e. The Morgan fingerprint density at radius 3 is 2.03 bits per heavy atom. The maximum Gasteiger partial charge on any atom is 0.243 e. The Morgan fingerprint density at radius 2 is 1.43 bits per heavy atom. The van der Waals surface area contributed by atoms with Gasteiger partial charge in [0.05, 0.1) is 15.5 Å². The summed E-state index contributed by atoms with van der Waals surface area (Å²) in [4.78, 5) is 12.5. The highest BCUT2D eigenvalue weighted by Crippen LogP contribution is 2.22. The Balaban J connectivity index is 1.58. The van der Waals surface area contributed by atoms with Gasteiger partial charge in [-0.2, -0.15) is 4.31 Å². The summed E-state index contributed by atoms with van der Waals surface area (Å²) in [5.41, 5.74) is 1.38. The topological polar surface area (TPSA) is 101 Å². The lowest BCUT2D eigenvalue weighted by Crippen LogP contribution is -2.35. The van der Waals surface area contributed by atoms with Gasteiger partial charge in [-0.3, -0.25) is 4.79 Å². The zero-order valence-electron chi connectivity index (χ0n) is 16.9. The van der Waals surface area contributed by atoms with Crippen LogP contribution in [-0.2, 0) is 24.7 Å². The average molecular weight is 451 g/mol. The van der Waals surface area contributed by atoms with E-state index in [9.17, 15) is 21.6 Å². The third-order valence-corrected chi connectivity index (χ3v) is 8.71. The molecule has 2 aromatic carbocycles. The lowest BCUT2D eigenvalue weighted by Gasteiger charge is -2.25. The molecule has 0 bridgehead atoms. The van der Waals surface area contributed by atoms with Crippen LogP contribution < -0.4 is 5.32 Å². The summed E-state index contributed by atoms with van der Waals surface area (Å²) in [5.74, 6) is -0.749.